The quantitative estimate of drug-likeness (QED) is 0.252. The van der Waals surface area contributed by atoms with Crippen molar-refractivity contribution in [3.05, 3.63) is 100 Å². The van der Waals surface area contributed by atoms with Crippen LogP contribution in [-0.4, -0.2) is 41.7 Å². The molecule has 1 aromatic heterocycles. The number of para-hydroxylation sites is 1. The third-order valence-corrected chi connectivity index (χ3v) is 7.64. The molecule has 3 N–H and O–H groups in total. The van der Waals surface area contributed by atoms with Gasteiger partial charge in [-0.25, -0.2) is 17.9 Å². The number of carbonyl (C=O) groups excluding carboxylic acids is 3. The van der Waals surface area contributed by atoms with Gasteiger partial charge in [0.25, 0.3) is 21.5 Å². The van der Waals surface area contributed by atoms with Gasteiger partial charge in [-0.1, -0.05) is 24.3 Å². The van der Waals surface area contributed by atoms with Gasteiger partial charge >= 0.3 is 5.97 Å². The number of sulfonamides is 1. The van der Waals surface area contributed by atoms with Gasteiger partial charge in [-0.05, 0) is 68.4 Å². The minimum Gasteiger partial charge on any atom is -0.449 e. The topological polar surface area (TPSA) is 158 Å². The molecule has 13 heteroatoms. The predicted octanol–water partition coefficient (Wildman–Crippen LogP) is 3.43. The summed E-state index contributed by atoms with van der Waals surface area (Å²) >= 11 is 0. The number of aromatic nitrogens is 2. The molecule has 0 aliphatic carbocycles. The highest BCUT2D eigenvalue weighted by molar-refractivity contribution is 7.92. The van der Waals surface area contributed by atoms with Crippen LogP contribution in [0.1, 0.15) is 29.9 Å². The van der Waals surface area contributed by atoms with E-state index >= 15 is 0 Å². The Morgan fingerprint density at radius 1 is 0.881 bits per heavy atom. The maximum atomic E-state index is 13.2. The van der Waals surface area contributed by atoms with Crippen molar-refractivity contribution in [3.63, 3.8) is 0 Å². The molecule has 1 unspecified atom stereocenters. The summed E-state index contributed by atoms with van der Waals surface area (Å²) in [7, 11) is -2.65. The van der Waals surface area contributed by atoms with E-state index in [-0.39, 0.29) is 22.1 Å². The van der Waals surface area contributed by atoms with Crippen LogP contribution in [0.4, 0.5) is 17.1 Å². The fourth-order valence-corrected chi connectivity index (χ4v) is 5.20. The van der Waals surface area contributed by atoms with E-state index in [0.29, 0.717) is 22.8 Å². The Hall–Kier alpha value is -5.17. The second kappa shape index (κ2) is 12.1. The molecule has 0 aliphatic rings. The number of hydrogen-bond acceptors (Lipinski definition) is 7. The van der Waals surface area contributed by atoms with Crippen LogP contribution < -0.4 is 20.9 Å². The van der Waals surface area contributed by atoms with Crippen LogP contribution in [0, 0.1) is 6.92 Å². The monoisotopic (exact) mass is 591 g/mol. The summed E-state index contributed by atoms with van der Waals surface area (Å²) in [6, 6.07) is 20.2. The molecule has 218 valence electrons. The van der Waals surface area contributed by atoms with Gasteiger partial charge in [-0.2, -0.15) is 0 Å². The number of amides is 2. The molecular weight excluding hydrogens is 562 g/mol. The normalized spacial score (nSPS) is 11.8. The summed E-state index contributed by atoms with van der Waals surface area (Å²) in [6.07, 6.45) is -1.21. The number of nitrogens with zero attached hydrogens (tertiary/aromatic N) is 2. The van der Waals surface area contributed by atoms with Gasteiger partial charge in [0.05, 0.1) is 21.8 Å². The molecule has 2 amide bonds. The van der Waals surface area contributed by atoms with E-state index in [1.54, 1.807) is 68.6 Å². The molecule has 4 rings (SSSR count). The van der Waals surface area contributed by atoms with Crippen LogP contribution in [0.25, 0.3) is 5.69 Å². The summed E-state index contributed by atoms with van der Waals surface area (Å²) in [5.41, 5.74) is 1.10. The summed E-state index contributed by atoms with van der Waals surface area (Å²) < 4.78 is 37.0. The predicted molar refractivity (Wildman–Crippen MR) is 157 cm³/mol. The highest BCUT2D eigenvalue weighted by atomic mass is 32.2. The van der Waals surface area contributed by atoms with Crippen molar-refractivity contribution in [1.82, 2.24) is 9.36 Å². The smallest absolute Gasteiger partial charge is 0.338 e. The van der Waals surface area contributed by atoms with E-state index in [4.69, 9.17) is 4.74 Å². The molecule has 0 spiro atoms. The van der Waals surface area contributed by atoms with Crippen LogP contribution in [0.3, 0.4) is 0 Å². The van der Waals surface area contributed by atoms with Crippen molar-refractivity contribution in [1.29, 1.82) is 0 Å². The number of carbonyl (C=O) groups is 3. The average Bonchev–Trinajstić information content (AvgIpc) is 3.16. The zero-order valence-corrected chi connectivity index (χ0v) is 24.1. The molecule has 12 nitrogen and oxygen atoms in total. The Bertz CT molecular complexity index is 1810. The molecule has 0 fully saturated rings. The van der Waals surface area contributed by atoms with E-state index in [0.717, 1.165) is 6.07 Å². The number of esters is 1. The second-order valence-corrected chi connectivity index (χ2v) is 11.0. The van der Waals surface area contributed by atoms with Crippen molar-refractivity contribution in [2.24, 2.45) is 7.05 Å². The van der Waals surface area contributed by atoms with Crippen molar-refractivity contribution >= 4 is 44.9 Å². The molecule has 1 atom stereocenters. The van der Waals surface area contributed by atoms with Gasteiger partial charge in [0, 0.05) is 25.3 Å². The lowest BCUT2D eigenvalue weighted by Gasteiger charge is -2.14. The van der Waals surface area contributed by atoms with E-state index in [9.17, 15) is 27.6 Å². The van der Waals surface area contributed by atoms with Crippen LogP contribution in [-0.2, 0) is 31.4 Å². The number of nitrogens with one attached hydrogen (secondary N) is 3. The molecule has 0 saturated carbocycles. The first-order chi connectivity index (χ1) is 19.9. The van der Waals surface area contributed by atoms with Crippen molar-refractivity contribution in [2.75, 3.05) is 15.4 Å². The number of hydrogen-bond donors (Lipinski definition) is 3. The minimum atomic E-state index is -4.29. The SMILES string of the molecule is CC(=O)Nc1ccc(NC(=O)C(C)OC(=O)c2cccc(S(=O)(=O)Nc3c(C)n(C)n(-c4ccccc4)c3=O)c2)cc1. The Labute approximate surface area is 242 Å². The third kappa shape index (κ3) is 6.58. The third-order valence-electron chi connectivity index (χ3n) is 6.30. The number of anilines is 3. The molecule has 1 heterocycles. The Morgan fingerprint density at radius 3 is 2.12 bits per heavy atom. The lowest BCUT2D eigenvalue weighted by Crippen LogP contribution is -2.30. The van der Waals surface area contributed by atoms with E-state index in [1.807, 2.05) is 0 Å². The first kappa shape index (κ1) is 29.8. The number of ether oxygens (including phenoxy) is 1. The summed E-state index contributed by atoms with van der Waals surface area (Å²) in [6.45, 7) is 4.36. The highest BCUT2D eigenvalue weighted by Crippen LogP contribution is 2.20. The van der Waals surface area contributed by atoms with E-state index in [2.05, 4.69) is 15.4 Å². The van der Waals surface area contributed by atoms with Crippen LogP contribution >= 0.6 is 0 Å². The summed E-state index contributed by atoms with van der Waals surface area (Å²) in [5.74, 6) is -1.77. The Kier molecular flexibility index (Phi) is 8.62. The van der Waals surface area contributed by atoms with Gasteiger partial charge in [-0.15, -0.1) is 0 Å². The van der Waals surface area contributed by atoms with Crippen molar-refractivity contribution in [2.45, 2.75) is 31.8 Å². The maximum Gasteiger partial charge on any atom is 0.338 e. The Morgan fingerprint density at radius 2 is 1.50 bits per heavy atom. The first-order valence-corrected chi connectivity index (χ1v) is 14.2. The van der Waals surface area contributed by atoms with E-state index in [1.165, 1.54) is 41.4 Å². The van der Waals surface area contributed by atoms with Crippen LogP contribution in [0.5, 0.6) is 0 Å². The lowest BCUT2D eigenvalue weighted by atomic mass is 10.2. The summed E-state index contributed by atoms with van der Waals surface area (Å²) in [4.78, 5) is 49.4. The largest absolute Gasteiger partial charge is 0.449 e. The standard InChI is InChI=1S/C29H29N5O7S/c1-18-26(28(37)34(33(18)4)24-10-6-5-7-11-24)32-42(39,40)25-12-8-9-21(17-25)29(38)41-19(2)27(36)31-23-15-13-22(14-16-23)30-20(3)35/h5-17,19,32H,1-4H3,(H,30,35)(H,31,36). The van der Waals surface area contributed by atoms with Gasteiger partial charge in [0.15, 0.2) is 6.10 Å². The van der Waals surface area contributed by atoms with Gasteiger partial charge in [0.1, 0.15) is 5.69 Å². The lowest BCUT2D eigenvalue weighted by molar-refractivity contribution is -0.123. The van der Waals surface area contributed by atoms with Crippen LogP contribution in [0.2, 0.25) is 0 Å². The van der Waals surface area contributed by atoms with Crippen LogP contribution in [0.15, 0.2) is 88.6 Å². The van der Waals surface area contributed by atoms with Crippen molar-refractivity contribution in [3.8, 4) is 5.69 Å². The average molecular weight is 592 g/mol. The number of rotatable bonds is 9. The molecule has 42 heavy (non-hydrogen) atoms. The van der Waals surface area contributed by atoms with E-state index < -0.39 is 33.6 Å². The fraction of sp³-hybridized carbons (Fsp3) is 0.172. The molecule has 4 aromatic rings. The highest BCUT2D eigenvalue weighted by Gasteiger charge is 2.25. The Balaban J connectivity index is 1.47. The van der Waals surface area contributed by atoms with Crippen molar-refractivity contribution < 1.29 is 27.5 Å². The fourth-order valence-electron chi connectivity index (χ4n) is 4.04. The number of benzene rings is 3. The zero-order chi connectivity index (χ0) is 30.6. The molecule has 0 aliphatic heterocycles. The van der Waals surface area contributed by atoms with Gasteiger partial charge in [0.2, 0.25) is 5.91 Å². The molecule has 0 bridgehead atoms. The zero-order valence-electron chi connectivity index (χ0n) is 23.2. The molecule has 3 aromatic carbocycles. The molecule has 0 radical (unpaired) electrons. The van der Waals surface area contributed by atoms with Gasteiger partial charge < -0.3 is 15.4 Å². The molecular formula is C29H29N5O7S. The molecule has 0 saturated heterocycles. The second-order valence-electron chi connectivity index (χ2n) is 9.37. The summed E-state index contributed by atoms with van der Waals surface area (Å²) in [5, 5.41) is 5.21. The first-order valence-electron chi connectivity index (χ1n) is 12.7. The van der Waals surface area contributed by atoms with Gasteiger partial charge in [-0.3, -0.25) is 23.8 Å². The maximum absolute atomic E-state index is 13.2. The minimum absolute atomic E-state index is 0.108.